The summed E-state index contributed by atoms with van der Waals surface area (Å²) in [6.45, 7) is 82.7. The lowest BCUT2D eigenvalue weighted by atomic mass is 10.1. The maximum absolute atomic E-state index is 10.9. The van der Waals surface area contributed by atoms with Crippen LogP contribution in [0.25, 0.3) is 0 Å². The van der Waals surface area contributed by atoms with Crippen molar-refractivity contribution in [2.45, 2.75) is 370 Å². The number of furan rings is 1. The quantitative estimate of drug-likeness (QED) is 0.0907. The highest BCUT2D eigenvalue weighted by molar-refractivity contribution is 7.09. The van der Waals surface area contributed by atoms with Crippen LogP contribution >= 0.6 is 22.7 Å². The number of nitrogens with one attached hydrogen (secondary N) is 2. The van der Waals surface area contributed by atoms with Crippen LogP contribution in [0.15, 0.2) is 166 Å². The van der Waals surface area contributed by atoms with E-state index in [4.69, 9.17) is 13.3 Å². The molecule has 0 saturated carbocycles. The molecular weight excluding hydrogens is 1760 g/mol. The predicted octanol–water partition coefficient (Wildman–Crippen LogP) is 25.2. The first kappa shape index (κ1) is 125. The number of rotatable bonds is 16. The third-order valence-corrected chi connectivity index (χ3v) is 22.9. The van der Waals surface area contributed by atoms with Gasteiger partial charge in [-0.05, 0) is 232 Å². The number of aromatic nitrogens is 23. The highest BCUT2D eigenvalue weighted by atomic mass is 32.1. The van der Waals surface area contributed by atoms with Crippen LogP contribution in [0.5, 0.6) is 0 Å². The van der Waals surface area contributed by atoms with Crippen LogP contribution in [-0.4, -0.2) is 210 Å². The number of likely N-dealkylation sites (N-methyl/N-ethyl adjacent to an activating group) is 1. The first-order valence-electron chi connectivity index (χ1n) is 49.3. The van der Waals surface area contributed by atoms with Crippen molar-refractivity contribution in [2.75, 3.05) is 52.9 Å². The minimum Gasteiger partial charge on any atom is -0.469 e. The van der Waals surface area contributed by atoms with Gasteiger partial charge in [-0.25, -0.2) is 44.3 Å². The molecule has 768 valence electrons. The number of amides is 1. The van der Waals surface area contributed by atoms with Gasteiger partial charge in [0.05, 0.1) is 46.9 Å². The van der Waals surface area contributed by atoms with Crippen molar-refractivity contribution < 1.29 is 18.0 Å². The molecule has 13 aromatic heterocycles. The molecule has 3 aliphatic heterocycles. The van der Waals surface area contributed by atoms with Crippen molar-refractivity contribution in [3.05, 3.63) is 221 Å². The van der Waals surface area contributed by atoms with Crippen LogP contribution in [0.2, 0.25) is 0 Å². The van der Waals surface area contributed by atoms with Gasteiger partial charge >= 0.3 is 0 Å². The Hall–Kier alpha value is -10.2. The number of carbonyl (C=O) groups is 1. The summed E-state index contributed by atoms with van der Waals surface area (Å²) in [5.74, 6) is 11.5. The monoisotopic (exact) mass is 1940 g/mol. The Balaban J connectivity index is 0.000000731. The van der Waals surface area contributed by atoms with Gasteiger partial charge in [0.25, 0.3) is 0 Å². The van der Waals surface area contributed by atoms with E-state index < -0.39 is 0 Å². The second-order valence-electron chi connectivity index (χ2n) is 38.4. The molecule has 33 heteroatoms. The zero-order chi connectivity index (χ0) is 103. The van der Waals surface area contributed by atoms with Gasteiger partial charge in [0.2, 0.25) is 18.2 Å². The predicted molar refractivity (Wildman–Crippen MR) is 565 cm³/mol. The summed E-state index contributed by atoms with van der Waals surface area (Å²) in [5, 5.41) is 35.8. The molecule has 1 amide bonds. The number of oxazole rings is 1. The van der Waals surface area contributed by atoms with E-state index in [1.807, 2.05) is 177 Å². The number of hydrogen-bond donors (Lipinski definition) is 2. The second kappa shape index (κ2) is 71.3. The molecule has 3 fully saturated rings. The lowest BCUT2D eigenvalue weighted by Gasteiger charge is -2.34. The Morgan fingerprint density at radius 2 is 1.04 bits per heavy atom. The molecular formula is C104H181N27O4S2. The van der Waals surface area contributed by atoms with Crippen LogP contribution in [0, 0.1) is 20.8 Å². The van der Waals surface area contributed by atoms with Crippen LogP contribution in [0.3, 0.4) is 0 Å². The van der Waals surface area contributed by atoms with E-state index in [1.165, 1.54) is 92.0 Å². The average Bonchev–Trinajstić information content (AvgIpc) is 1.78. The van der Waals surface area contributed by atoms with E-state index in [0.29, 0.717) is 95.3 Å². The van der Waals surface area contributed by atoms with Crippen LogP contribution < -0.4 is 0 Å². The van der Waals surface area contributed by atoms with Crippen molar-refractivity contribution in [1.29, 1.82) is 0 Å². The highest BCUT2D eigenvalue weighted by Crippen LogP contribution is 2.21. The Morgan fingerprint density at radius 3 is 1.30 bits per heavy atom. The van der Waals surface area contributed by atoms with Crippen LogP contribution in [-0.2, 0) is 18.9 Å². The second-order valence-corrected chi connectivity index (χ2v) is 40.4. The van der Waals surface area contributed by atoms with E-state index in [9.17, 15) is 4.79 Å². The van der Waals surface area contributed by atoms with Crippen molar-refractivity contribution >= 4 is 28.6 Å². The van der Waals surface area contributed by atoms with E-state index >= 15 is 0 Å². The van der Waals surface area contributed by atoms with Gasteiger partial charge in [-0.15, -0.1) is 43.1 Å². The highest BCUT2D eigenvalue weighted by Gasteiger charge is 2.22. The number of carbonyl (C=O) groups excluding carboxylic acids is 1. The Labute approximate surface area is 833 Å². The van der Waals surface area contributed by atoms with Gasteiger partial charge in [-0.2, -0.15) is 0 Å². The van der Waals surface area contributed by atoms with Crippen molar-refractivity contribution in [3.63, 3.8) is 0 Å². The molecule has 16 rings (SSSR count). The van der Waals surface area contributed by atoms with Gasteiger partial charge in [0.1, 0.15) is 29.5 Å². The molecule has 0 unspecified atom stereocenters. The molecule has 2 N–H and O–H groups in total. The zero-order valence-corrected chi connectivity index (χ0v) is 92.9. The number of imidazole rings is 4. The smallest absolute Gasteiger partial charge is 0.222 e. The lowest BCUT2D eigenvalue weighted by Crippen LogP contribution is -2.47. The summed E-state index contributed by atoms with van der Waals surface area (Å²) in [5.41, 5.74) is 3.73. The summed E-state index contributed by atoms with van der Waals surface area (Å²) < 4.78 is 26.8. The number of thiazole rings is 2. The van der Waals surface area contributed by atoms with Crippen molar-refractivity contribution in [3.8, 4) is 0 Å². The Morgan fingerprint density at radius 1 is 0.431 bits per heavy atom. The van der Waals surface area contributed by atoms with Crippen molar-refractivity contribution in [1.82, 2.24) is 133 Å². The minimum atomic E-state index is 0.324. The topological polar surface area (TPSA) is 324 Å². The Kier molecular flexibility index (Phi) is 64.9. The largest absolute Gasteiger partial charge is 0.469 e. The number of nitrogens with zero attached hydrogens (tertiary/aromatic N) is 25. The number of hydrogen-bond acceptors (Lipinski definition) is 24. The molecule has 0 aromatic carbocycles. The van der Waals surface area contributed by atoms with Crippen LogP contribution in [0.4, 0.5) is 0 Å². The number of piperidine rings is 1. The third kappa shape index (κ3) is 55.2. The fourth-order valence-electron chi connectivity index (χ4n) is 12.6. The molecule has 3 saturated heterocycles. The molecule has 3 aliphatic rings. The maximum Gasteiger partial charge on any atom is 0.222 e. The summed E-state index contributed by atoms with van der Waals surface area (Å²) in [7, 11) is 6.05. The molecule has 31 nitrogen and oxygen atoms in total. The molecule has 16 heterocycles. The molecule has 0 spiro atoms. The molecule has 0 atom stereocenters. The summed E-state index contributed by atoms with van der Waals surface area (Å²) in [6.07, 6.45) is 37.1. The first-order valence-corrected chi connectivity index (χ1v) is 51.1. The number of tetrazole rings is 2. The average molecular weight is 1940 g/mol. The number of H-pyrrole nitrogens is 2. The van der Waals surface area contributed by atoms with E-state index in [0.717, 1.165) is 66.4 Å². The number of piperazine rings is 1. The SMILES string of the molecule is CC(C)N1CCCC1=O.CC(C)N1CCCCC1.CC(C)N1CCN(C)CC1.CC(C)c1ccc[nH]1.CC(C)c1ccco1.CC(C)c1cnc[nH]1.CC(C)c1nccn1C.CC(C)c1ncco1.CC(C)c1nccs1.CC(C)c1nnco1.CC(C)c1nnnn1C.CC(C)n1cccc1.CC(C)n1ccnc1.Cc1nc(C(C)C)cs1.Cc1nccn1C(C)C.Cc1nnnn1C(C)C. The molecule has 0 bridgehead atoms. The van der Waals surface area contributed by atoms with E-state index in [-0.39, 0.29) is 0 Å². The summed E-state index contributed by atoms with van der Waals surface area (Å²) in [6, 6.07) is 16.0. The van der Waals surface area contributed by atoms with Gasteiger partial charge < -0.3 is 56.2 Å². The fourth-order valence-corrected chi connectivity index (χ4v) is 14.0. The zero-order valence-electron chi connectivity index (χ0n) is 91.3. The van der Waals surface area contributed by atoms with Crippen LogP contribution in [0.1, 0.15) is 399 Å². The van der Waals surface area contributed by atoms with E-state index in [2.05, 4.69) is 325 Å². The number of aromatic amines is 2. The third-order valence-electron chi connectivity index (χ3n) is 21.1. The standard InChI is InChI=1S/C8H18N2.C8H17N.2C7H12N2.C7H13NO.C7H11NS.2C7H11N.C7H10O.2C6H10N2.C6H9NO.C6H9NS.2C5H10N4.C5H8N2O/c1-8(2)10-6-4-9(3)5-7-10;1-8(2)9-6-4-3-5-7-9;1-6(2)7-8-4-5-9(7)3;1-6(2)9-5-4-8-7(9)3;1-6(2)8-5-3-4-7(8)9;1-5(2)7-4-9-6(3)8-7;1-7(2)8-5-3-4-6-8;2*1-6(2)7-4-3-5-8-7;1-5(2)6-3-7-4-8-6;1-6(2)8-4-3-7-5-8;2*1-5(2)6-7-3-4-8-6;1-4(2)5-6-7-8-9(5)3;1-4(2)9-5(3)6-7-8-9;1-4(2)5-7-6-3-8-5/h8H,4-7H2,1-3H3;8H,3-7H2,1-2H3;2*4-6H,1-3H3;6H,3-5H2,1-2H3;4-5H,1-3H3;3-7H,1-2H3;3-6,8H,1-2H3;3-6H,1-2H3;3-5H,1-2H3,(H,7,8);3-6H,1-2H3;2*3-5H,1-2H3;2*4H,1-3H3;3-4H,1-2H3. The molecule has 0 aliphatic carbocycles. The summed E-state index contributed by atoms with van der Waals surface area (Å²) >= 11 is 3.44. The van der Waals surface area contributed by atoms with Gasteiger partial charge in [-0.3, -0.25) is 9.69 Å². The first-order chi connectivity index (χ1) is 64.7. The van der Waals surface area contributed by atoms with Crippen molar-refractivity contribution in [2.24, 2.45) is 14.1 Å². The molecule has 137 heavy (non-hydrogen) atoms. The maximum atomic E-state index is 10.9. The fraction of sp³-hybridized carbons (Fsp3) is 0.635. The van der Waals surface area contributed by atoms with Gasteiger partial charge in [0.15, 0.2) is 11.7 Å². The van der Waals surface area contributed by atoms with Gasteiger partial charge in [-0.1, -0.05) is 131 Å². The summed E-state index contributed by atoms with van der Waals surface area (Å²) in [4.78, 5) is 55.0. The lowest BCUT2D eigenvalue weighted by molar-refractivity contribution is -0.129. The molecule has 13 aromatic rings. The molecule has 0 radical (unpaired) electrons. The Bertz CT molecular complexity index is 4160. The number of likely N-dealkylation sites (tertiary alicyclic amines) is 2. The number of aryl methyl sites for hydroxylation is 5. The normalized spacial score (nSPS) is 12.9. The minimum absolute atomic E-state index is 0.324. The van der Waals surface area contributed by atoms with E-state index in [1.54, 1.807) is 63.3 Å². The van der Waals surface area contributed by atoms with Gasteiger partial charge in [0, 0.05) is 215 Å².